The molecule has 0 spiro atoms. The molecule has 0 atom stereocenters. The molecule has 0 fully saturated rings. The van der Waals surface area contributed by atoms with E-state index in [4.69, 9.17) is 4.42 Å². The molecule has 27 heavy (non-hydrogen) atoms. The van der Waals surface area contributed by atoms with Crippen molar-refractivity contribution in [2.24, 2.45) is 0 Å². The summed E-state index contributed by atoms with van der Waals surface area (Å²) in [5, 5.41) is 0. The van der Waals surface area contributed by atoms with E-state index in [1.165, 1.54) is 6.26 Å². The van der Waals surface area contributed by atoms with E-state index in [9.17, 15) is 13.2 Å². The summed E-state index contributed by atoms with van der Waals surface area (Å²) >= 11 is 0. The van der Waals surface area contributed by atoms with Gasteiger partial charge in [-0.05, 0) is 41.8 Å². The van der Waals surface area contributed by atoms with E-state index in [2.05, 4.69) is 4.72 Å². The Bertz CT molecular complexity index is 1060. The molecule has 138 valence electrons. The lowest BCUT2D eigenvalue weighted by atomic mass is 10.1. The molecule has 7 heteroatoms. The Hall–Kier alpha value is -3.06. The summed E-state index contributed by atoms with van der Waals surface area (Å²) in [4.78, 5) is 14.2. The molecule has 6 nitrogen and oxygen atoms in total. The number of nitrogens with one attached hydrogen (secondary N) is 1. The summed E-state index contributed by atoms with van der Waals surface area (Å²) in [6, 6.07) is 17.5. The quantitative estimate of drug-likeness (QED) is 0.733. The Morgan fingerprint density at radius 2 is 1.89 bits per heavy atom. The highest BCUT2D eigenvalue weighted by Crippen LogP contribution is 2.32. The van der Waals surface area contributed by atoms with Crippen LogP contribution in [0.5, 0.6) is 0 Å². The van der Waals surface area contributed by atoms with Crippen LogP contribution in [-0.4, -0.2) is 20.9 Å². The molecule has 3 aromatic rings. The lowest BCUT2D eigenvalue weighted by Gasteiger charge is -2.17. The zero-order valence-electron chi connectivity index (χ0n) is 14.5. The molecule has 1 amide bonds. The Balaban J connectivity index is 1.56. The van der Waals surface area contributed by atoms with Crippen LogP contribution in [0, 0.1) is 0 Å². The molecule has 0 saturated heterocycles. The van der Waals surface area contributed by atoms with Gasteiger partial charge in [-0.25, -0.2) is 8.42 Å². The third kappa shape index (κ3) is 3.73. The van der Waals surface area contributed by atoms with Crippen LogP contribution in [0.1, 0.15) is 21.7 Å². The number of amides is 1. The van der Waals surface area contributed by atoms with Crippen LogP contribution >= 0.6 is 0 Å². The Morgan fingerprint density at radius 3 is 2.63 bits per heavy atom. The zero-order valence-corrected chi connectivity index (χ0v) is 15.3. The SMILES string of the molecule is O=C(c1ccco1)N1CCc2ccc(NS(=O)(=O)Cc3ccccc3)cc21. The van der Waals surface area contributed by atoms with Gasteiger partial charge in [0.2, 0.25) is 10.0 Å². The Morgan fingerprint density at radius 1 is 1.07 bits per heavy atom. The minimum absolute atomic E-state index is 0.111. The van der Waals surface area contributed by atoms with Crippen molar-refractivity contribution < 1.29 is 17.6 Å². The maximum atomic E-state index is 12.6. The van der Waals surface area contributed by atoms with E-state index in [0.29, 0.717) is 23.5 Å². The van der Waals surface area contributed by atoms with E-state index in [0.717, 1.165) is 12.0 Å². The number of rotatable bonds is 5. The fourth-order valence-corrected chi connectivity index (χ4v) is 4.39. The lowest BCUT2D eigenvalue weighted by Crippen LogP contribution is -2.28. The molecular formula is C20H18N2O4S. The van der Waals surface area contributed by atoms with Gasteiger partial charge in [-0.2, -0.15) is 0 Å². The van der Waals surface area contributed by atoms with Crippen molar-refractivity contribution in [3.63, 3.8) is 0 Å². The second kappa shape index (κ2) is 6.92. The van der Waals surface area contributed by atoms with Crippen LogP contribution in [0.3, 0.4) is 0 Å². The number of carbonyl (C=O) groups is 1. The van der Waals surface area contributed by atoms with Gasteiger partial charge in [0.05, 0.1) is 17.7 Å². The first-order valence-electron chi connectivity index (χ1n) is 8.54. The van der Waals surface area contributed by atoms with Gasteiger partial charge >= 0.3 is 0 Å². The highest BCUT2D eigenvalue weighted by Gasteiger charge is 2.27. The van der Waals surface area contributed by atoms with Crippen LogP contribution in [0.2, 0.25) is 0 Å². The molecule has 1 N–H and O–H groups in total. The van der Waals surface area contributed by atoms with Crippen LogP contribution in [0.15, 0.2) is 71.3 Å². The lowest BCUT2D eigenvalue weighted by molar-refractivity contribution is 0.0963. The molecule has 0 unspecified atom stereocenters. The van der Waals surface area contributed by atoms with Crippen molar-refractivity contribution in [2.75, 3.05) is 16.2 Å². The van der Waals surface area contributed by atoms with Crippen LogP contribution in [0.25, 0.3) is 0 Å². The fraction of sp³-hybridized carbons (Fsp3) is 0.150. The zero-order chi connectivity index (χ0) is 18.9. The van der Waals surface area contributed by atoms with Crippen molar-refractivity contribution >= 4 is 27.3 Å². The number of fused-ring (bicyclic) bond motifs is 1. The highest BCUT2D eigenvalue weighted by molar-refractivity contribution is 7.91. The third-order valence-electron chi connectivity index (χ3n) is 4.43. The monoisotopic (exact) mass is 382 g/mol. The van der Waals surface area contributed by atoms with E-state index in [1.54, 1.807) is 53.4 Å². The normalized spacial score (nSPS) is 13.4. The molecule has 4 rings (SSSR count). The van der Waals surface area contributed by atoms with Crippen molar-refractivity contribution in [1.82, 2.24) is 0 Å². The van der Waals surface area contributed by atoms with Crippen molar-refractivity contribution in [3.8, 4) is 0 Å². The summed E-state index contributed by atoms with van der Waals surface area (Å²) in [6.07, 6.45) is 2.18. The van der Waals surface area contributed by atoms with Crippen molar-refractivity contribution in [1.29, 1.82) is 0 Å². The number of anilines is 2. The predicted octanol–water partition coefficient (Wildman–Crippen LogP) is 3.42. The average molecular weight is 382 g/mol. The first-order valence-corrected chi connectivity index (χ1v) is 10.2. The van der Waals surface area contributed by atoms with E-state index in [1.807, 2.05) is 12.1 Å². The molecule has 1 aliphatic heterocycles. The van der Waals surface area contributed by atoms with Gasteiger partial charge in [0, 0.05) is 12.2 Å². The first-order chi connectivity index (χ1) is 13.0. The maximum absolute atomic E-state index is 12.6. The summed E-state index contributed by atoms with van der Waals surface area (Å²) in [5.74, 6) is -0.0825. The molecule has 0 saturated carbocycles. The smallest absolute Gasteiger partial charge is 0.293 e. The van der Waals surface area contributed by atoms with Crippen LogP contribution in [-0.2, 0) is 22.2 Å². The standard InChI is InChI=1S/C20H18N2O4S/c23-20(19-7-4-12-26-19)22-11-10-16-8-9-17(13-18(16)22)21-27(24,25)14-15-5-2-1-3-6-15/h1-9,12-13,21H,10-11,14H2. The minimum Gasteiger partial charge on any atom is -0.459 e. The molecule has 2 aromatic carbocycles. The number of furan rings is 1. The molecule has 2 heterocycles. The van der Waals surface area contributed by atoms with E-state index in [-0.39, 0.29) is 17.4 Å². The maximum Gasteiger partial charge on any atom is 0.293 e. The number of sulfonamides is 1. The van der Waals surface area contributed by atoms with Gasteiger partial charge in [-0.1, -0.05) is 36.4 Å². The molecular weight excluding hydrogens is 364 g/mol. The fourth-order valence-electron chi connectivity index (χ4n) is 3.20. The molecule has 1 aromatic heterocycles. The summed E-state index contributed by atoms with van der Waals surface area (Å²) in [6.45, 7) is 0.537. The second-order valence-electron chi connectivity index (χ2n) is 6.37. The Kier molecular flexibility index (Phi) is 4.45. The Labute approximate surface area is 157 Å². The molecule has 0 bridgehead atoms. The van der Waals surface area contributed by atoms with Gasteiger partial charge in [0.15, 0.2) is 5.76 Å². The van der Waals surface area contributed by atoms with Crippen molar-refractivity contribution in [3.05, 3.63) is 83.8 Å². The highest BCUT2D eigenvalue weighted by atomic mass is 32.2. The number of hydrogen-bond donors (Lipinski definition) is 1. The molecule has 1 aliphatic rings. The van der Waals surface area contributed by atoms with Gasteiger partial charge in [0.25, 0.3) is 5.91 Å². The predicted molar refractivity (Wildman–Crippen MR) is 103 cm³/mol. The van der Waals surface area contributed by atoms with Crippen molar-refractivity contribution in [2.45, 2.75) is 12.2 Å². The van der Waals surface area contributed by atoms with E-state index >= 15 is 0 Å². The largest absolute Gasteiger partial charge is 0.459 e. The van der Waals surface area contributed by atoms with Crippen LogP contribution < -0.4 is 9.62 Å². The molecule has 0 aliphatic carbocycles. The molecule has 0 radical (unpaired) electrons. The van der Waals surface area contributed by atoms with Crippen LogP contribution in [0.4, 0.5) is 11.4 Å². The average Bonchev–Trinajstić information content (AvgIpc) is 3.31. The summed E-state index contributed by atoms with van der Waals surface area (Å²) in [5.41, 5.74) is 2.85. The van der Waals surface area contributed by atoms with Gasteiger partial charge in [0.1, 0.15) is 0 Å². The topological polar surface area (TPSA) is 79.6 Å². The van der Waals surface area contributed by atoms with Gasteiger partial charge < -0.3 is 9.32 Å². The second-order valence-corrected chi connectivity index (χ2v) is 8.10. The third-order valence-corrected chi connectivity index (χ3v) is 5.69. The van der Waals surface area contributed by atoms with Gasteiger partial charge in [-0.3, -0.25) is 9.52 Å². The number of hydrogen-bond acceptors (Lipinski definition) is 4. The minimum atomic E-state index is -3.56. The summed E-state index contributed by atoms with van der Waals surface area (Å²) in [7, 11) is -3.56. The first kappa shape index (κ1) is 17.4. The number of carbonyl (C=O) groups excluding carboxylic acids is 1. The number of nitrogens with zero attached hydrogens (tertiary/aromatic N) is 1. The summed E-state index contributed by atoms with van der Waals surface area (Å²) < 4.78 is 32.7. The number of benzene rings is 2. The van der Waals surface area contributed by atoms with Gasteiger partial charge in [-0.15, -0.1) is 0 Å². The van der Waals surface area contributed by atoms with E-state index < -0.39 is 10.0 Å².